The van der Waals surface area contributed by atoms with Crippen LogP contribution < -0.4 is 5.32 Å². The molecule has 0 spiro atoms. The van der Waals surface area contributed by atoms with Crippen molar-refractivity contribution in [2.75, 3.05) is 0 Å². The number of carbonyl (C=O) groups is 1. The van der Waals surface area contributed by atoms with Crippen LogP contribution >= 0.6 is 11.6 Å². The molecule has 0 saturated carbocycles. The SMILES string of the molecule is CC(C)C(C)NC(=O)c1ccncc1Cl. The van der Waals surface area contributed by atoms with Gasteiger partial charge in [-0.05, 0) is 18.9 Å². The summed E-state index contributed by atoms with van der Waals surface area (Å²) in [5, 5.41) is 3.27. The molecule has 1 atom stereocenters. The molecule has 1 N–H and O–H groups in total. The van der Waals surface area contributed by atoms with Crippen molar-refractivity contribution in [2.45, 2.75) is 26.8 Å². The predicted molar refractivity (Wildman–Crippen MR) is 61.0 cm³/mol. The summed E-state index contributed by atoms with van der Waals surface area (Å²) in [5.74, 6) is 0.248. The van der Waals surface area contributed by atoms with Gasteiger partial charge in [0.1, 0.15) is 0 Å². The van der Waals surface area contributed by atoms with Crippen LogP contribution in [0.3, 0.4) is 0 Å². The third kappa shape index (κ3) is 3.20. The van der Waals surface area contributed by atoms with Crippen molar-refractivity contribution < 1.29 is 4.79 Å². The van der Waals surface area contributed by atoms with E-state index < -0.39 is 0 Å². The van der Waals surface area contributed by atoms with Gasteiger partial charge in [0.25, 0.3) is 5.91 Å². The summed E-state index contributed by atoms with van der Waals surface area (Å²) >= 11 is 5.86. The summed E-state index contributed by atoms with van der Waals surface area (Å²) in [6.07, 6.45) is 3.03. The fourth-order valence-corrected chi connectivity index (χ4v) is 1.22. The Labute approximate surface area is 94.9 Å². The molecular weight excluding hydrogens is 212 g/mol. The molecule has 0 aromatic carbocycles. The average molecular weight is 227 g/mol. The van der Waals surface area contributed by atoms with Gasteiger partial charge in [-0.1, -0.05) is 25.4 Å². The summed E-state index contributed by atoms with van der Waals surface area (Å²) in [4.78, 5) is 15.6. The second-order valence-corrected chi connectivity index (χ2v) is 4.27. The molecular formula is C11H15ClN2O. The molecule has 4 heteroatoms. The zero-order valence-electron chi connectivity index (χ0n) is 9.12. The van der Waals surface area contributed by atoms with Crippen molar-refractivity contribution in [1.29, 1.82) is 0 Å². The minimum atomic E-state index is -0.149. The van der Waals surface area contributed by atoms with Crippen LogP contribution in [0.2, 0.25) is 5.02 Å². The van der Waals surface area contributed by atoms with E-state index in [2.05, 4.69) is 24.1 Å². The topological polar surface area (TPSA) is 42.0 Å². The van der Waals surface area contributed by atoms with Gasteiger partial charge in [0.15, 0.2) is 0 Å². The maximum atomic E-state index is 11.8. The van der Waals surface area contributed by atoms with Gasteiger partial charge in [0, 0.05) is 18.4 Å². The van der Waals surface area contributed by atoms with E-state index in [1.54, 1.807) is 12.3 Å². The van der Waals surface area contributed by atoms with Crippen molar-refractivity contribution in [2.24, 2.45) is 5.92 Å². The molecule has 82 valence electrons. The summed E-state index contributed by atoms with van der Waals surface area (Å²) in [6, 6.07) is 1.74. The minimum Gasteiger partial charge on any atom is -0.349 e. The lowest BCUT2D eigenvalue weighted by Gasteiger charge is -2.17. The molecule has 3 nitrogen and oxygen atoms in total. The molecule has 0 bridgehead atoms. The number of hydrogen-bond acceptors (Lipinski definition) is 2. The molecule has 0 radical (unpaired) electrons. The Hall–Kier alpha value is -1.09. The average Bonchev–Trinajstić information content (AvgIpc) is 2.18. The molecule has 1 aromatic rings. The number of amides is 1. The number of hydrogen-bond donors (Lipinski definition) is 1. The van der Waals surface area contributed by atoms with Gasteiger partial charge in [-0.25, -0.2) is 0 Å². The maximum Gasteiger partial charge on any atom is 0.253 e. The lowest BCUT2D eigenvalue weighted by molar-refractivity contribution is 0.0930. The van der Waals surface area contributed by atoms with Crippen LogP contribution in [-0.4, -0.2) is 16.9 Å². The van der Waals surface area contributed by atoms with E-state index in [-0.39, 0.29) is 11.9 Å². The van der Waals surface area contributed by atoms with Crippen molar-refractivity contribution in [1.82, 2.24) is 10.3 Å². The highest BCUT2D eigenvalue weighted by Crippen LogP contribution is 2.13. The Morgan fingerprint density at radius 1 is 1.47 bits per heavy atom. The summed E-state index contributed by atoms with van der Waals surface area (Å²) in [7, 11) is 0. The fraction of sp³-hybridized carbons (Fsp3) is 0.455. The van der Waals surface area contributed by atoms with Gasteiger partial charge < -0.3 is 5.32 Å². The molecule has 0 aliphatic heterocycles. The molecule has 1 rings (SSSR count). The quantitative estimate of drug-likeness (QED) is 0.861. The second kappa shape index (κ2) is 5.12. The third-order valence-electron chi connectivity index (χ3n) is 2.38. The number of pyridine rings is 1. The number of carbonyl (C=O) groups excluding carboxylic acids is 1. The molecule has 1 aromatic heterocycles. The highest BCUT2D eigenvalue weighted by atomic mass is 35.5. The first-order valence-corrected chi connectivity index (χ1v) is 5.30. The van der Waals surface area contributed by atoms with E-state index in [1.807, 2.05) is 6.92 Å². The van der Waals surface area contributed by atoms with Crippen molar-refractivity contribution in [3.8, 4) is 0 Å². The molecule has 15 heavy (non-hydrogen) atoms. The monoisotopic (exact) mass is 226 g/mol. The minimum absolute atomic E-state index is 0.127. The smallest absolute Gasteiger partial charge is 0.253 e. The van der Waals surface area contributed by atoms with Crippen molar-refractivity contribution >= 4 is 17.5 Å². The van der Waals surface area contributed by atoms with Gasteiger partial charge in [-0.3, -0.25) is 9.78 Å². The molecule has 1 unspecified atom stereocenters. The van der Waals surface area contributed by atoms with E-state index in [4.69, 9.17) is 11.6 Å². The van der Waals surface area contributed by atoms with E-state index in [0.717, 1.165) is 0 Å². The van der Waals surface area contributed by atoms with E-state index >= 15 is 0 Å². The summed E-state index contributed by atoms with van der Waals surface area (Å²) in [6.45, 7) is 6.08. The summed E-state index contributed by atoms with van der Waals surface area (Å²) < 4.78 is 0. The van der Waals surface area contributed by atoms with Crippen molar-refractivity contribution in [3.63, 3.8) is 0 Å². The van der Waals surface area contributed by atoms with Gasteiger partial charge in [-0.15, -0.1) is 0 Å². The van der Waals surface area contributed by atoms with Crippen LogP contribution in [0, 0.1) is 5.92 Å². The molecule has 1 heterocycles. The van der Waals surface area contributed by atoms with Gasteiger partial charge >= 0.3 is 0 Å². The Kier molecular flexibility index (Phi) is 4.09. The van der Waals surface area contributed by atoms with E-state index in [9.17, 15) is 4.79 Å². The number of nitrogens with zero attached hydrogens (tertiary/aromatic N) is 1. The zero-order chi connectivity index (χ0) is 11.4. The molecule has 0 fully saturated rings. The van der Waals surface area contributed by atoms with Crippen LogP contribution in [0.25, 0.3) is 0 Å². The Morgan fingerprint density at radius 3 is 2.67 bits per heavy atom. The molecule has 1 amide bonds. The van der Waals surface area contributed by atoms with E-state index in [1.165, 1.54) is 6.20 Å². The Balaban J connectivity index is 2.74. The van der Waals surface area contributed by atoms with Crippen LogP contribution in [0.4, 0.5) is 0 Å². The van der Waals surface area contributed by atoms with Crippen LogP contribution in [-0.2, 0) is 0 Å². The standard InChI is InChI=1S/C11H15ClN2O/c1-7(2)8(3)14-11(15)9-4-5-13-6-10(9)12/h4-8H,1-3H3,(H,14,15). The highest BCUT2D eigenvalue weighted by molar-refractivity contribution is 6.33. The Bertz CT molecular complexity index is 352. The fourth-order valence-electron chi connectivity index (χ4n) is 1.01. The van der Waals surface area contributed by atoms with Crippen LogP contribution in [0.1, 0.15) is 31.1 Å². The van der Waals surface area contributed by atoms with Gasteiger partial charge in [0.2, 0.25) is 0 Å². The Morgan fingerprint density at radius 2 is 2.13 bits per heavy atom. The largest absolute Gasteiger partial charge is 0.349 e. The first kappa shape index (κ1) is 12.0. The first-order chi connectivity index (χ1) is 7.02. The number of rotatable bonds is 3. The normalized spacial score (nSPS) is 12.6. The lowest BCUT2D eigenvalue weighted by Crippen LogP contribution is -2.36. The van der Waals surface area contributed by atoms with Crippen LogP contribution in [0.15, 0.2) is 18.5 Å². The summed E-state index contributed by atoms with van der Waals surface area (Å²) in [5.41, 5.74) is 0.471. The van der Waals surface area contributed by atoms with Crippen LogP contribution in [0.5, 0.6) is 0 Å². The lowest BCUT2D eigenvalue weighted by atomic mass is 10.1. The number of halogens is 1. The van der Waals surface area contributed by atoms with Gasteiger partial charge in [-0.2, -0.15) is 0 Å². The molecule has 0 aliphatic carbocycles. The first-order valence-electron chi connectivity index (χ1n) is 4.92. The highest BCUT2D eigenvalue weighted by Gasteiger charge is 2.14. The number of aromatic nitrogens is 1. The zero-order valence-corrected chi connectivity index (χ0v) is 9.88. The maximum absolute atomic E-state index is 11.8. The molecule has 0 saturated heterocycles. The third-order valence-corrected chi connectivity index (χ3v) is 2.68. The predicted octanol–water partition coefficient (Wildman–Crippen LogP) is 2.51. The number of nitrogens with one attached hydrogen (secondary N) is 1. The second-order valence-electron chi connectivity index (χ2n) is 3.86. The van der Waals surface area contributed by atoms with Crippen molar-refractivity contribution in [3.05, 3.63) is 29.0 Å². The van der Waals surface area contributed by atoms with E-state index in [0.29, 0.717) is 16.5 Å². The molecule has 0 aliphatic rings. The van der Waals surface area contributed by atoms with Gasteiger partial charge in [0.05, 0.1) is 10.6 Å².